The second-order valence-corrected chi connectivity index (χ2v) is 44.3. The number of aliphatic carboxylic acids is 1. The molecule has 1 aliphatic carbocycles. The highest BCUT2D eigenvalue weighted by molar-refractivity contribution is 7.88. The van der Waals surface area contributed by atoms with E-state index in [-0.39, 0.29) is 18.8 Å². The molecule has 4 unspecified atom stereocenters. The largest absolute Gasteiger partial charge is 0.482 e. The van der Waals surface area contributed by atoms with Gasteiger partial charge in [-0.05, 0) is 110 Å². The molecule has 16 aromatic rings. The summed E-state index contributed by atoms with van der Waals surface area (Å²) in [6, 6.07) is 22.5. The van der Waals surface area contributed by atoms with Crippen LogP contribution in [0.1, 0.15) is 152 Å². The highest BCUT2D eigenvalue weighted by atomic mass is 32.2. The van der Waals surface area contributed by atoms with Crippen LogP contribution in [-0.2, 0) is 62.1 Å². The van der Waals surface area contributed by atoms with Crippen LogP contribution in [0, 0.1) is 0 Å². The molecular formula is C88H94N16O9S12. The van der Waals surface area contributed by atoms with Crippen molar-refractivity contribution in [3.8, 4) is 93.3 Å². The molecule has 1 aliphatic rings. The van der Waals surface area contributed by atoms with E-state index in [1.54, 1.807) is 65.7 Å². The molecule has 125 heavy (non-hydrogen) atoms. The number of carbonyl (C=O) groups is 2. The maximum absolute atomic E-state index is 12.9. The quantitative estimate of drug-likeness (QED) is 0.0208. The zero-order valence-corrected chi connectivity index (χ0v) is 79.7. The Bertz CT molecular complexity index is 6400. The number of anilines is 4. The number of Topliss-reactive ketones (excluding diaryl/α,β-unsaturated/α-hetero) is 1. The molecule has 14 heterocycles. The van der Waals surface area contributed by atoms with Crippen LogP contribution in [0.5, 0.6) is 5.75 Å². The van der Waals surface area contributed by atoms with Crippen LogP contribution in [0.25, 0.3) is 128 Å². The number of imidazole rings is 2. The fourth-order valence-electron chi connectivity index (χ4n) is 14.0. The predicted octanol–water partition coefficient (Wildman–Crippen LogP) is 21.2. The topological polar surface area (TPSA) is 395 Å². The highest BCUT2D eigenvalue weighted by Crippen LogP contribution is 2.50. The summed E-state index contributed by atoms with van der Waals surface area (Å²) >= 11 is 11.7. The van der Waals surface area contributed by atoms with Gasteiger partial charge in [0, 0.05) is 147 Å². The summed E-state index contributed by atoms with van der Waals surface area (Å²) < 4.78 is 63.9. The Morgan fingerprint density at radius 2 is 0.864 bits per heavy atom. The molecule has 0 bridgehead atoms. The van der Waals surface area contributed by atoms with Gasteiger partial charge in [0.15, 0.2) is 12.4 Å². The lowest BCUT2D eigenvalue weighted by molar-refractivity contribution is -0.139. The first kappa shape index (κ1) is 91.7. The van der Waals surface area contributed by atoms with Crippen molar-refractivity contribution in [1.29, 1.82) is 0 Å². The van der Waals surface area contributed by atoms with Gasteiger partial charge in [-0.15, -0.1) is 90.7 Å². The van der Waals surface area contributed by atoms with Crippen LogP contribution in [-0.4, -0.2) is 134 Å². The molecule has 14 aromatic heterocycles. The Kier molecular flexibility index (Phi) is 30.8. The number of carboxylic acid groups (broad SMARTS) is 1. The smallest absolute Gasteiger partial charge is 0.341 e. The number of ketones is 1. The second-order valence-electron chi connectivity index (χ2n) is 29.7. The van der Waals surface area contributed by atoms with Crippen LogP contribution in [0.3, 0.4) is 0 Å². The number of hydrogen-bond donors (Lipinski definition) is 6. The normalized spacial score (nSPS) is 13.1. The number of benzene rings is 2. The molecule has 10 N–H and O–H groups in total. The molecule has 0 aliphatic heterocycles. The van der Waals surface area contributed by atoms with Crippen LogP contribution in [0.2, 0.25) is 0 Å². The number of nitrogen functional groups attached to an aromatic ring is 4. The van der Waals surface area contributed by atoms with Crippen molar-refractivity contribution in [3.63, 3.8) is 0 Å². The zero-order valence-electron chi connectivity index (χ0n) is 69.9. The van der Waals surface area contributed by atoms with Gasteiger partial charge in [0.1, 0.15) is 96.4 Å². The van der Waals surface area contributed by atoms with Gasteiger partial charge < -0.3 is 47.0 Å². The Labute approximate surface area is 765 Å². The molecule has 0 radical (unpaired) electrons. The number of nitrogens with two attached hydrogens (primary N) is 4. The van der Waals surface area contributed by atoms with Crippen LogP contribution < -0.4 is 27.7 Å². The molecule has 0 spiro atoms. The molecule has 2 aromatic carbocycles. The first-order valence-electron chi connectivity index (χ1n) is 40.8. The lowest BCUT2D eigenvalue weighted by Gasteiger charge is -2.11. The fourth-order valence-corrected chi connectivity index (χ4v) is 27.5. The maximum atomic E-state index is 12.9. The number of carbonyl (C=O) groups excluding carboxylic acids is 1. The van der Waals surface area contributed by atoms with Crippen molar-refractivity contribution in [1.82, 2.24) is 59.0 Å². The first-order valence-corrected chi connectivity index (χ1v) is 52.9. The number of aromatic nitrogens is 12. The molecule has 4 atom stereocenters. The molecule has 0 amide bonds. The number of nitrogens with zero attached hydrogens (tertiary/aromatic N) is 12. The Morgan fingerprint density at radius 1 is 0.488 bits per heavy atom. The third-order valence-electron chi connectivity index (χ3n) is 20.5. The SMILES string of the molecule is CCCCS(=O)c1sc2nc(-c3nccs3)cc(-c3ccc(OCC(=O)O)cc3)c2c1N.CCCCS(=O)c1sc2nc(-c3nccs3)cc(-c3cccc(C(=O)CCCO)c3)c2c1N.CCCCS(=O)c1sc2nc(-c3nccs3)cc(-c3cnc(C(C)C)n3C)c2c1N.CCCCS(=O)c1sc2nc(-c3nccs3)cc(-c3cnc(C4CC4)n3C)c2c1N. The van der Waals surface area contributed by atoms with Crippen molar-refractivity contribution in [2.75, 3.05) is 59.2 Å². The number of hydrogen-bond acceptors (Lipinski definition) is 30. The number of fused-ring (bicyclic) bond motifs is 4. The van der Waals surface area contributed by atoms with E-state index in [1.807, 2.05) is 89.5 Å². The molecule has 17 rings (SSSR count). The average Bonchev–Trinajstić information content (AvgIpc) is 1.61. The summed E-state index contributed by atoms with van der Waals surface area (Å²) in [4.78, 5) is 72.6. The lowest BCUT2D eigenvalue weighted by Crippen LogP contribution is -2.09. The Morgan fingerprint density at radius 3 is 1.22 bits per heavy atom. The second kappa shape index (κ2) is 42.0. The minimum absolute atomic E-state index is 0.0169. The molecule has 652 valence electrons. The molecule has 0 saturated heterocycles. The van der Waals surface area contributed by atoms with Crippen LogP contribution in [0.4, 0.5) is 22.7 Å². The van der Waals surface area contributed by atoms with E-state index in [9.17, 15) is 26.4 Å². The molecule has 1 saturated carbocycles. The molecule has 1 fully saturated rings. The third kappa shape index (κ3) is 20.7. The van der Waals surface area contributed by atoms with Crippen molar-refractivity contribution >= 4 is 209 Å². The fraction of sp³-hybridized carbons (Fsp3) is 0.318. The number of aliphatic hydroxyl groups excluding tert-OH is 1. The van der Waals surface area contributed by atoms with Gasteiger partial charge in [0.2, 0.25) is 0 Å². The van der Waals surface area contributed by atoms with Gasteiger partial charge in [-0.2, -0.15) is 0 Å². The van der Waals surface area contributed by atoms with Crippen molar-refractivity contribution in [3.05, 3.63) is 149 Å². The van der Waals surface area contributed by atoms with Gasteiger partial charge in [0.05, 0.1) is 89.7 Å². The van der Waals surface area contributed by atoms with Gasteiger partial charge >= 0.3 is 5.97 Å². The van der Waals surface area contributed by atoms with E-state index < -0.39 is 55.8 Å². The van der Waals surface area contributed by atoms with E-state index in [2.05, 4.69) is 88.7 Å². The van der Waals surface area contributed by atoms with Gasteiger partial charge in [-0.3, -0.25) is 21.6 Å². The minimum Gasteiger partial charge on any atom is -0.482 e. The third-order valence-corrected chi connectivity index (χ3v) is 35.6. The van der Waals surface area contributed by atoms with Crippen LogP contribution in [0.15, 0.2) is 148 Å². The number of carboxylic acids is 1. The van der Waals surface area contributed by atoms with Gasteiger partial charge in [0.25, 0.3) is 0 Å². The zero-order chi connectivity index (χ0) is 88.3. The number of ether oxygens (including phenoxy) is 1. The average molecular weight is 1900 g/mol. The number of unbranched alkanes of at least 4 members (excludes halogenated alkanes) is 4. The van der Waals surface area contributed by atoms with Crippen molar-refractivity contribution in [2.45, 2.75) is 147 Å². The number of thiazole rings is 4. The monoisotopic (exact) mass is 1900 g/mol. The summed E-state index contributed by atoms with van der Waals surface area (Å²) in [5.74, 6) is 4.76. The Balaban J connectivity index is 0.000000136. The van der Waals surface area contributed by atoms with Gasteiger partial charge in [-0.1, -0.05) is 97.6 Å². The number of thiophene rings is 4. The summed E-state index contributed by atoms with van der Waals surface area (Å²) in [6.45, 7) is 12.2. The number of rotatable bonds is 33. The first-order chi connectivity index (χ1) is 60.5. The molecule has 25 nitrogen and oxygen atoms in total. The number of aliphatic hydroxyl groups is 1. The Hall–Kier alpha value is -9.48. The van der Waals surface area contributed by atoms with Crippen molar-refractivity contribution < 1.29 is 41.4 Å². The van der Waals surface area contributed by atoms with E-state index in [0.29, 0.717) is 88.6 Å². The van der Waals surface area contributed by atoms with E-state index in [4.69, 9.17) is 62.8 Å². The standard InChI is InChI=1S/C24H25N3O3S3.C22H21N3O4S3.C21H23N5OS3.C21H25N5OS3/c1-2-3-12-33(30)24-21(25)20-17(14-18(27-23(20)32-24)22-26-9-11-31-22)15-6-4-7-16(13-15)19(29)8-5-10-28;1-2-3-10-32(28)22-19(23)18-15(13-4-6-14(7-5-13)29-12-17(26)27)11-16(25-21(18)31-22)20-24-8-9-30-20;1-3-4-9-30(27)21-17(22)16-13(15-11-24-18(26(15)2)12-5-6-12)10-14(25-20(16)29-21)19-23-7-8-28-19;1-5-6-9-30(27)21-17(22)16-13(15-11-24-18(12(2)3)26(15)4)10-14(25-20(16)29-21)19-23-7-8-28-19/h4,6-7,9,11,13-14,28H,2-3,5,8,10,12,25H2,1H3;4-9,11H,2-3,10,12,23H2,1H3,(H,26,27);7-8,10-12H,3-6,9,22H2,1-2H3;7-8,10-12H,5-6,9,22H2,1-4H3. The maximum Gasteiger partial charge on any atom is 0.341 e. The summed E-state index contributed by atoms with van der Waals surface area (Å²) in [6.07, 6.45) is 21.4. The number of pyridine rings is 4. The molecular weight excluding hydrogens is 1810 g/mol. The summed E-state index contributed by atoms with van der Waals surface area (Å²) in [5.41, 5.74) is 39.3. The van der Waals surface area contributed by atoms with Crippen LogP contribution >= 0.6 is 90.7 Å². The van der Waals surface area contributed by atoms with Crippen molar-refractivity contribution in [2.24, 2.45) is 14.1 Å². The summed E-state index contributed by atoms with van der Waals surface area (Å²) in [7, 11) is -0.522. The minimum atomic E-state index is -1.19. The van der Waals surface area contributed by atoms with E-state index >= 15 is 0 Å². The predicted molar refractivity (Wildman–Crippen MR) is 520 cm³/mol. The van der Waals surface area contributed by atoms with Gasteiger partial charge in [-0.25, -0.2) is 54.6 Å². The molecule has 37 heteroatoms. The van der Waals surface area contributed by atoms with E-state index in [0.717, 1.165) is 195 Å². The highest BCUT2D eigenvalue weighted by Gasteiger charge is 2.32. The summed E-state index contributed by atoms with van der Waals surface area (Å²) in [5, 5.41) is 32.1. The lowest BCUT2D eigenvalue weighted by atomic mass is 9.97. The van der Waals surface area contributed by atoms with E-state index in [1.165, 1.54) is 80.9 Å².